The number of hydrogen-bond donors (Lipinski definition) is 0. The SMILES string of the molecule is CCc1csc2cc(C)c(CBr)cc12. The summed E-state index contributed by atoms with van der Waals surface area (Å²) >= 11 is 5.39. The minimum atomic E-state index is 0.952. The first-order chi connectivity index (χ1) is 6.76. The third kappa shape index (κ3) is 1.61. The van der Waals surface area contributed by atoms with E-state index in [0.717, 1.165) is 11.8 Å². The molecule has 0 saturated carbocycles. The van der Waals surface area contributed by atoms with Gasteiger partial charge in [0.05, 0.1) is 0 Å². The average Bonchev–Trinajstić information content (AvgIpc) is 2.58. The quantitative estimate of drug-likeness (QED) is 0.695. The number of benzene rings is 1. The first-order valence-corrected chi connectivity index (χ1v) is 6.82. The highest BCUT2D eigenvalue weighted by Gasteiger charge is 2.05. The van der Waals surface area contributed by atoms with Crippen molar-refractivity contribution in [2.45, 2.75) is 25.6 Å². The Bertz CT molecular complexity index is 457. The van der Waals surface area contributed by atoms with Crippen LogP contribution in [0.1, 0.15) is 23.6 Å². The topological polar surface area (TPSA) is 0 Å². The zero-order valence-electron chi connectivity index (χ0n) is 8.43. The molecule has 1 aromatic carbocycles. The van der Waals surface area contributed by atoms with Crippen molar-refractivity contribution in [2.24, 2.45) is 0 Å². The highest BCUT2D eigenvalue weighted by atomic mass is 79.9. The monoisotopic (exact) mass is 268 g/mol. The molecule has 2 rings (SSSR count). The van der Waals surface area contributed by atoms with E-state index < -0.39 is 0 Å². The van der Waals surface area contributed by atoms with Gasteiger partial charge in [-0.15, -0.1) is 11.3 Å². The second-order valence-corrected chi connectivity index (χ2v) is 4.99. The second kappa shape index (κ2) is 4.03. The van der Waals surface area contributed by atoms with Gasteiger partial charge in [-0.1, -0.05) is 22.9 Å². The molecular formula is C12H13BrS. The third-order valence-electron chi connectivity index (χ3n) is 2.64. The lowest BCUT2D eigenvalue weighted by Gasteiger charge is -2.03. The summed E-state index contributed by atoms with van der Waals surface area (Å²) < 4.78 is 1.42. The summed E-state index contributed by atoms with van der Waals surface area (Å²) in [6, 6.07) is 4.63. The lowest BCUT2D eigenvalue weighted by molar-refractivity contribution is 1.17. The molecule has 1 aromatic heterocycles. The van der Waals surface area contributed by atoms with Gasteiger partial charge in [0.25, 0.3) is 0 Å². The van der Waals surface area contributed by atoms with Gasteiger partial charge in [-0.25, -0.2) is 0 Å². The highest BCUT2D eigenvalue weighted by Crippen LogP contribution is 2.29. The van der Waals surface area contributed by atoms with Gasteiger partial charge in [-0.05, 0) is 52.9 Å². The van der Waals surface area contributed by atoms with Gasteiger partial charge in [-0.2, -0.15) is 0 Å². The Morgan fingerprint density at radius 1 is 1.29 bits per heavy atom. The van der Waals surface area contributed by atoms with Crippen molar-refractivity contribution in [1.29, 1.82) is 0 Å². The van der Waals surface area contributed by atoms with E-state index in [-0.39, 0.29) is 0 Å². The number of fused-ring (bicyclic) bond motifs is 1. The molecule has 2 heteroatoms. The largest absolute Gasteiger partial charge is 0.144 e. The Balaban J connectivity index is 2.70. The van der Waals surface area contributed by atoms with Crippen molar-refractivity contribution in [1.82, 2.24) is 0 Å². The molecule has 74 valence electrons. The fourth-order valence-corrected chi connectivity index (χ4v) is 3.42. The molecule has 0 N–H and O–H groups in total. The molecule has 0 amide bonds. The fourth-order valence-electron chi connectivity index (χ4n) is 1.69. The molecule has 0 fully saturated rings. The molecule has 0 unspecified atom stereocenters. The van der Waals surface area contributed by atoms with Crippen molar-refractivity contribution in [3.05, 3.63) is 34.2 Å². The number of aryl methyl sites for hydroxylation is 2. The summed E-state index contributed by atoms with van der Waals surface area (Å²) in [4.78, 5) is 0. The van der Waals surface area contributed by atoms with Gasteiger partial charge >= 0.3 is 0 Å². The summed E-state index contributed by atoms with van der Waals surface area (Å²) in [7, 11) is 0. The first-order valence-electron chi connectivity index (χ1n) is 4.81. The van der Waals surface area contributed by atoms with Crippen LogP contribution in [-0.4, -0.2) is 0 Å². The molecule has 1 heterocycles. The van der Waals surface area contributed by atoms with Crippen molar-refractivity contribution in [2.75, 3.05) is 0 Å². The van der Waals surface area contributed by atoms with E-state index in [0.29, 0.717) is 0 Å². The van der Waals surface area contributed by atoms with Crippen LogP contribution >= 0.6 is 27.3 Å². The van der Waals surface area contributed by atoms with Crippen molar-refractivity contribution in [3.8, 4) is 0 Å². The summed E-state index contributed by atoms with van der Waals surface area (Å²) in [6.07, 6.45) is 1.13. The van der Waals surface area contributed by atoms with E-state index in [2.05, 4.69) is 47.3 Å². The van der Waals surface area contributed by atoms with Crippen LogP contribution < -0.4 is 0 Å². The Hall–Kier alpha value is -0.340. The minimum absolute atomic E-state index is 0.952. The molecule has 14 heavy (non-hydrogen) atoms. The van der Waals surface area contributed by atoms with E-state index in [4.69, 9.17) is 0 Å². The number of hydrogen-bond acceptors (Lipinski definition) is 1. The molecule has 0 saturated heterocycles. The molecule has 0 aliphatic carbocycles. The average molecular weight is 269 g/mol. The summed E-state index contributed by atoms with van der Waals surface area (Å²) in [5, 5.41) is 4.67. The maximum Gasteiger partial charge on any atom is 0.0348 e. The molecule has 0 nitrogen and oxygen atoms in total. The van der Waals surface area contributed by atoms with Crippen LogP contribution in [0.2, 0.25) is 0 Å². The molecule has 0 bridgehead atoms. The summed E-state index contributed by atoms with van der Waals surface area (Å²) in [6.45, 7) is 4.40. The van der Waals surface area contributed by atoms with Crippen LogP contribution in [0.4, 0.5) is 0 Å². The van der Waals surface area contributed by atoms with E-state index in [9.17, 15) is 0 Å². The smallest absolute Gasteiger partial charge is 0.0348 e. The predicted octanol–water partition coefficient (Wildman–Crippen LogP) is 4.67. The molecule has 0 radical (unpaired) electrons. The van der Waals surface area contributed by atoms with Gasteiger partial charge in [0.1, 0.15) is 0 Å². The van der Waals surface area contributed by atoms with Crippen molar-refractivity contribution in [3.63, 3.8) is 0 Å². The zero-order chi connectivity index (χ0) is 10.1. The maximum atomic E-state index is 3.53. The molecule has 0 atom stereocenters. The van der Waals surface area contributed by atoms with Gasteiger partial charge in [-0.3, -0.25) is 0 Å². The standard InChI is InChI=1S/C12H13BrS/c1-3-9-7-14-12-4-8(2)10(6-13)5-11(9)12/h4-5,7H,3,6H2,1-2H3. The molecule has 0 aliphatic heterocycles. The lowest BCUT2D eigenvalue weighted by Crippen LogP contribution is -1.84. The van der Waals surface area contributed by atoms with Crippen molar-refractivity contribution < 1.29 is 0 Å². The normalized spacial score (nSPS) is 11.1. The lowest BCUT2D eigenvalue weighted by atomic mass is 10.0. The highest BCUT2D eigenvalue weighted by molar-refractivity contribution is 9.08. The Labute approximate surface area is 97.1 Å². The number of halogens is 1. The van der Waals surface area contributed by atoms with E-state index in [1.54, 1.807) is 0 Å². The second-order valence-electron chi connectivity index (χ2n) is 3.52. The Kier molecular flexibility index (Phi) is 2.93. The van der Waals surface area contributed by atoms with Crippen LogP contribution in [0.5, 0.6) is 0 Å². The van der Waals surface area contributed by atoms with Gasteiger partial charge in [0.15, 0.2) is 0 Å². The van der Waals surface area contributed by atoms with Gasteiger partial charge in [0, 0.05) is 10.0 Å². The van der Waals surface area contributed by atoms with E-state index in [1.165, 1.54) is 26.8 Å². The third-order valence-corrected chi connectivity index (χ3v) is 4.24. The van der Waals surface area contributed by atoms with Crippen molar-refractivity contribution >= 4 is 37.4 Å². The Morgan fingerprint density at radius 2 is 2.07 bits per heavy atom. The number of rotatable bonds is 2. The number of alkyl halides is 1. The minimum Gasteiger partial charge on any atom is -0.144 e. The summed E-state index contributed by atoms with van der Waals surface area (Å²) in [5.74, 6) is 0. The van der Waals surface area contributed by atoms with E-state index in [1.807, 2.05) is 11.3 Å². The fraction of sp³-hybridized carbons (Fsp3) is 0.333. The maximum absolute atomic E-state index is 3.53. The van der Waals surface area contributed by atoms with Crippen LogP contribution in [0.25, 0.3) is 10.1 Å². The summed E-state index contributed by atoms with van der Waals surface area (Å²) in [5.41, 5.74) is 4.27. The molecule has 0 aliphatic rings. The van der Waals surface area contributed by atoms with Crippen LogP contribution in [0.15, 0.2) is 17.5 Å². The van der Waals surface area contributed by atoms with Gasteiger partial charge in [0.2, 0.25) is 0 Å². The predicted molar refractivity (Wildman–Crippen MR) is 68.6 cm³/mol. The van der Waals surface area contributed by atoms with Crippen LogP contribution in [-0.2, 0) is 11.8 Å². The number of thiophene rings is 1. The molecular weight excluding hydrogens is 256 g/mol. The van der Waals surface area contributed by atoms with Crippen LogP contribution in [0.3, 0.4) is 0 Å². The van der Waals surface area contributed by atoms with E-state index >= 15 is 0 Å². The first kappa shape index (κ1) is 10.2. The zero-order valence-corrected chi connectivity index (χ0v) is 10.8. The van der Waals surface area contributed by atoms with Gasteiger partial charge < -0.3 is 0 Å². The molecule has 2 aromatic rings. The Morgan fingerprint density at radius 3 is 2.71 bits per heavy atom. The molecule has 0 spiro atoms. The van der Waals surface area contributed by atoms with Crippen LogP contribution in [0, 0.1) is 6.92 Å².